The molecule has 0 radical (unpaired) electrons. The molecule has 0 bridgehead atoms. The molecule has 0 fully saturated rings. The third-order valence-electron chi connectivity index (χ3n) is 2.10. The first-order valence-electron chi connectivity index (χ1n) is 4.96. The lowest BCUT2D eigenvalue weighted by molar-refractivity contribution is 0.321. The van der Waals surface area contributed by atoms with Gasteiger partial charge in [0.2, 0.25) is 5.88 Å². The number of ether oxygens (including phenoxy) is 1. The van der Waals surface area contributed by atoms with Crippen LogP contribution in [0.5, 0.6) is 11.6 Å². The second-order valence-corrected chi connectivity index (χ2v) is 3.32. The van der Waals surface area contributed by atoms with Crippen molar-refractivity contribution in [3.63, 3.8) is 0 Å². The van der Waals surface area contributed by atoms with Crippen LogP contribution in [0.2, 0.25) is 0 Å². The van der Waals surface area contributed by atoms with Gasteiger partial charge in [-0.3, -0.25) is 0 Å². The first-order valence-corrected chi connectivity index (χ1v) is 4.96. The largest absolute Gasteiger partial charge is 0.439 e. The molecule has 18 heavy (non-hydrogen) atoms. The standard InChI is InChI=1S/C12H8F2N2O2/c13-10-5-8(6-11(14)9(10)7-16-17)18-12-3-1-2-4-15-12/h1-7,17H. The third kappa shape index (κ3) is 2.60. The molecule has 1 N–H and O–H groups in total. The summed E-state index contributed by atoms with van der Waals surface area (Å²) in [5, 5.41) is 10.9. The molecular formula is C12H8F2N2O2. The number of aromatic nitrogens is 1. The topological polar surface area (TPSA) is 54.7 Å². The summed E-state index contributed by atoms with van der Waals surface area (Å²) in [5.41, 5.74) is -0.439. The molecule has 0 aliphatic heterocycles. The Bertz CT molecular complexity index is 551. The minimum absolute atomic E-state index is 0.0289. The van der Waals surface area contributed by atoms with E-state index in [0.717, 1.165) is 12.1 Å². The lowest BCUT2D eigenvalue weighted by Gasteiger charge is -2.06. The van der Waals surface area contributed by atoms with Crippen LogP contribution in [-0.4, -0.2) is 16.4 Å². The Morgan fingerprint density at radius 3 is 2.50 bits per heavy atom. The molecule has 0 saturated heterocycles. The first kappa shape index (κ1) is 12.0. The maximum atomic E-state index is 13.5. The van der Waals surface area contributed by atoms with Crippen molar-refractivity contribution in [2.75, 3.05) is 0 Å². The van der Waals surface area contributed by atoms with E-state index in [2.05, 4.69) is 10.1 Å². The Balaban J connectivity index is 2.31. The van der Waals surface area contributed by atoms with E-state index in [-0.39, 0.29) is 11.6 Å². The molecule has 0 unspecified atom stereocenters. The average Bonchev–Trinajstić information content (AvgIpc) is 2.35. The van der Waals surface area contributed by atoms with Crippen LogP contribution in [0.4, 0.5) is 8.78 Å². The van der Waals surface area contributed by atoms with Crippen molar-refractivity contribution < 1.29 is 18.7 Å². The van der Waals surface area contributed by atoms with E-state index in [4.69, 9.17) is 9.94 Å². The molecule has 0 atom stereocenters. The smallest absolute Gasteiger partial charge is 0.219 e. The van der Waals surface area contributed by atoms with Crippen LogP contribution in [0.1, 0.15) is 5.56 Å². The van der Waals surface area contributed by atoms with Gasteiger partial charge in [-0.05, 0) is 6.07 Å². The van der Waals surface area contributed by atoms with E-state index in [0.29, 0.717) is 6.21 Å². The number of rotatable bonds is 3. The number of pyridine rings is 1. The summed E-state index contributed by atoms with van der Waals surface area (Å²) in [7, 11) is 0. The van der Waals surface area contributed by atoms with Gasteiger partial charge in [0.05, 0.1) is 11.8 Å². The van der Waals surface area contributed by atoms with Crippen LogP contribution >= 0.6 is 0 Å². The summed E-state index contributed by atoms with van der Waals surface area (Å²) in [6, 6.07) is 6.89. The van der Waals surface area contributed by atoms with Gasteiger partial charge < -0.3 is 9.94 Å². The summed E-state index contributed by atoms with van der Waals surface area (Å²) in [6.45, 7) is 0. The van der Waals surface area contributed by atoms with E-state index < -0.39 is 17.2 Å². The molecule has 92 valence electrons. The molecule has 1 heterocycles. The molecule has 0 amide bonds. The van der Waals surface area contributed by atoms with Gasteiger partial charge >= 0.3 is 0 Å². The highest BCUT2D eigenvalue weighted by molar-refractivity contribution is 5.80. The second kappa shape index (κ2) is 5.22. The van der Waals surface area contributed by atoms with Crippen molar-refractivity contribution in [3.8, 4) is 11.6 Å². The maximum absolute atomic E-state index is 13.5. The van der Waals surface area contributed by atoms with Crippen LogP contribution in [0.25, 0.3) is 0 Å². The molecule has 0 spiro atoms. The fourth-order valence-electron chi connectivity index (χ4n) is 1.33. The fourth-order valence-corrected chi connectivity index (χ4v) is 1.33. The predicted octanol–water partition coefficient (Wildman–Crippen LogP) is 2.96. The highest BCUT2D eigenvalue weighted by atomic mass is 19.1. The zero-order valence-corrected chi connectivity index (χ0v) is 9.05. The van der Waals surface area contributed by atoms with E-state index in [1.54, 1.807) is 18.2 Å². The van der Waals surface area contributed by atoms with Crippen LogP contribution < -0.4 is 4.74 Å². The van der Waals surface area contributed by atoms with Crippen LogP contribution in [-0.2, 0) is 0 Å². The van der Waals surface area contributed by atoms with Crippen molar-refractivity contribution in [1.29, 1.82) is 0 Å². The summed E-state index contributed by atoms with van der Waals surface area (Å²) in [4.78, 5) is 3.86. The molecular weight excluding hydrogens is 242 g/mol. The number of benzene rings is 1. The second-order valence-electron chi connectivity index (χ2n) is 3.32. The quantitative estimate of drug-likeness (QED) is 0.517. The van der Waals surface area contributed by atoms with Gasteiger partial charge in [0.25, 0.3) is 0 Å². The Kier molecular flexibility index (Phi) is 3.47. The van der Waals surface area contributed by atoms with E-state index in [1.165, 1.54) is 6.20 Å². The summed E-state index contributed by atoms with van der Waals surface area (Å²) < 4.78 is 32.1. The van der Waals surface area contributed by atoms with Gasteiger partial charge in [-0.2, -0.15) is 0 Å². The normalized spacial score (nSPS) is 10.8. The monoisotopic (exact) mass is 250 g/mol. The summed E-state index contributed by atoms with van der Waals surface area (Å²) >= 11 is 0. The molecule has 1 aromatic carbocycles. The van der Waals surface area contributed by atoms with E-state index >= 15 is 0 Å². The van der Waals surface area contributed by atoms with E-state index in [9.17, 15) is 8.78 Å². The Labute approximate surface area is 101 Å². The average molecular weight is 250 g/mol. The Hall–Kier alpha value is -2.50. The van der Waals surface area contributed by atoms with Crippen molar-refractivity contribution >= 4 is 6.21 Å². The Morgan fingerprint density at radius 2 is 1.94 bits per heavy atom. The SMILES string of the molecule is ON=Cc1c(F)cc(Oc2ccccn2)cc1F. The number of hydrogen-bond donors (Lipinski definition) is 1. The van der Waals surface area contributed by atoms with Crippen LogP contribution in [0.15, 0.2) is 41.7 Å². The third-order valence-corrected chi connectivity index (χ3v) is 2.10. The highest BCUT2D eigenvalue weighted by Gasteiger charge is 2.11. The molecule has 0 aliphatic carbocycles. The molecule has 4 nitrogen and oxygen atoms in total. The zero-order valence-electron chi connectivity index (χ0n) is 9.05. The first-order chi connectivity index (χ1) is 8.70. The number of nitrogens with zero attached hydrogens (tertiary/aromatic N) is 2. The number of hydrogen-bond acceptors (Lipinski definition) is 4. The summed E-state index contributed by atoms with van der Waals surface area (Å²) in [6.07, 6.45) is 2.17. The van der Waals surface area contributed by atoms with Crippen molar-refractivity contribution in [2.24, 2.45) is 5.16 Å². The van der Waals surface area contributed by atoms with E-state index in [1.807, 2.05) is 0 Å². The number of halogens is 2. The van der Waals surface area contributed by atoms with Gasteiger partial charge in [-0.25, -0.2) is 13.8 Å². The van der Waals surface area contributed by atoms with Gasteiger partial charge in [-0.15, -0.1) is 0 Å². The lowest BCUT2D eigenvalue weighted by atomic mass is 10.2. The van der Waals surface area contributed by atoms with Gasteiger partial charge in [0.15, 0.2) is 0 Å². The molecule has 0 saturated carbocycles. The molecule has 0 aliphatic rings. The lowest BCUT2D eigenvalue weighted by Crippen LogP contribution is -1.96. The predicted molar refractivity (Wildman–Crippen MR) is 60.0 cm³/mol. The minimum atomic E-state index is -0.890. The van der Waals surface area contributed by atoms with Gasteiger partial charge in [-0.1, -0.05) is 11.2 Å². The molecule has 1 aromatic heterocycles. The molecule has 6 heteroatoms. The zero-order chi connectivity index (χ0) is 13.0. The van der Waals surface area contributed by atoms with Crippen molar-refractivity contribution in [2.45, 2.75) is 0 Å². The van der Waals surface area contributed by atoms with Gasteiger partial charge in [0.1, 0.15) is 17.4 Å². The van der Waals surface area contributed by atoms with Crippen molar-refractivity contribution in [3.05, 3.63) is 53.7 Å². The summed E-state index contributed by atoms with van der Waals surface area (Å²) in [5.74, 6) is -1.59. The number of oxime groups is 1. The maximum Gasteiger partial charge on any atom is 0.219 e. The minimum Gasteiger partial charge on any atom is -0.439 e. The van der Waals surface area contributed by atoms with Crippen molar-refractivity contribution in [1.82, 2.24) is 4.98 Å². The fraction of sp³-hybridized carbons (Fsp3) is 0. The van der Waals surface area contributed by atoms with Crippen LogP contribution in [0.3, 0.4) is 0 Å². The highest BCUT2D eigenvalue weighted by Crippen LogP contribution is 2.23. The van der Waals surface area contributed by atoms with Crippen LogP contribution in [0, 0.1) is 11.6 Å². The Morgan fingerprint density at radius 1 is 1.22 bits per heavy atom. The molecule has 2 rings (SSSR count). The molecule has 2 aromatic rings. The van der Waals surface area contributed by atoms with Gasteiger partial charge in [0, 0.05) is 24.4 Å².